The van der Waals surface area contributed by atoms with E-state index < -0.39 is 0 Å². The maximum Gasteiger partial charge on any atom is 0.130 e. The Morgan fingerprint density at radius 2 is 1.12 bits per heavy atom. The number of benzene rings is 2. The molecule has 1 unspecified atom stereocenters. The number of hydrogen-bond acceptors (Lipinski definition) is 2. The Labute approximate surface area is 152 Å². The monoisotopic (exact) mass is 358 g/mol. The van der Waals surface area contributed by atoms with Crippen LogP contribution in [0.15, 0.2) is 35.6 Å². The van der Waals surface area contributed by atoms with E-state index >= 15 is 0 Å². The van der Waals surface area contributed by atoms with Crippen LogP contribution in [-0.2, 0) is 0 Å². The highest BCUT2D eigenvalue weighted by Crippen LogP contribution is 2.48. The molecular formula is C20H24ClN2P. The minimum atomic E-state index is 0.447. The third-order valence-electron chi connectivity index (χ3n) is 4.39. The minimum Gasteiger partial charge on any atom is -0.308 e. The zero-order valence-electron chi connectivity index (χ0n) is 15.2. The molecule has 1 aliphatic heterocycles. The third kappa shape index (κ3) is 3.06. The van der Waals surface area contributed by atoms with Gasteiger partial charge in [0.2, 0.25) is 0 Å². The molecule has 3 rings (SSSR count). The van der Waals surface area contributed by atoms with Crippen molar-refractivity contribution in [3.8, 4) is 0 Å². The largest absolute Gasteiger partial charge is 0.308 e. The molecule has 0 aliphatic carbocycles. The van der Waals surface area contributed by atoms with Crippen LogP contribution in [0.3, 0.4) is 0 Å². The van der Waals surface area contributed by atoms with Gasteiger partial charge in [-0.1, -0.05) is 47.0 Å². The molecule has 1 atom stereocenters. The molecule has 4 heteroatoms. The molecule has 2 nitrogen and oxygen atoms in total. The van der Waals surface area contributed by atoms with Crippen LogP contribution < -0.4 is 9.34 Å². The Kier molecular flexibility index (Phi) is 4.64. The topological polar surface area (TPSA) is 6.48 Å². The van der Waals surface area contributed by atoms with Crippen LogP contribution in [0.25, 0.3) is 0 Å². The lowest BCUT2D eigenvalue weighted by molar-refractivity contribution is 1.26. The summed E-state index contributed by atoms with van der Waals surface area (Å²) in [6.07, 6.45) is 2.06. The summed E-state index contributed by atoms with van der Waals surface area (Å²) in [5.74, 6) is 0. The summed E-state index contributed by atoms with van der Waals surface area (Å²) in [5.41, 5.74) is 10.2. The van der Waals surface area contributed by atoms with Crippen molar-refractivity contribution in [1.82, 2.24) is 0 Å². The first kappa shape index (κ1) is 17.3. The predicted octanol–water partition coefficient (Wildman–Crippen LogP) is 6.41. The van der Waals surface area contributed by atoms with Crippen LogP contribution in [-0.4, -0.2) is 0 Å². The number of halogens is 1. The van der Waals surface area contributed by atoms with Crippen LogP contribution >= 0.6 is 20.5 Å². The van der Waals surface area contributed by atoms with Crippen molar-refractivity contribution in [2.24, 2.45) is 0 Å². The van der Waals surface area contributed by atoms with E-state index in [-0.39, 0.29) is 0 Å². The molecule has 0 saturated carbocycles. The fraction of sp³-hybridized carbons (Fsp3) is 0.300. The lowest BCUT2D eigenvalue weighted by atomic mass is 10.1. The van der Waals surface area contributed by atoms with Gasteiger partial charge in [0.15, 0.2) is 0 Å². The Bertz CT molecular complexity index is 796. The standard InChI is InChI=1S/C20H24ClN2P/c1-12-7-14(3)19(15(4)8-12)22-11-18(21)23(24-22)20-16(5)9-13(2)10-17(20)6/h7-11,24H,1-6H3. The first-order valence-electron chi connectivity index (χ1n) is 8.16. The second-order valence-electron chi connectivity index (χ2n) is 6.75. The van der Waals surface area contributed by atoms with Crippen molar-refractivity contribution >= 4 is 31.9 Å². The highest BCUT2D eigenvalue weighted by atomic mass is 35.5. The van der Waals surface area contributed by atoms with Gasteiger partial charge in [0.05, 0.1) is 20.3 Å². The summed E-state index contributed by atoms with van der Waals surface area (Å²) in [4.78, 5) is 0. The van der Waals surface area contributed by atoms with Gasteiger partial charge in [-0.25, -0.2) is 0 Å². The number of rotatable bonds is 2. The lowest BCUT2D eigenvalue weighted by Gasteiger charge is -2.26. The van der Waals surface area contributed by atoms with Gasteiger partial charge in [0.25, 0.3) is 0 Å². The normalized spacial score (nSPS) is 15.4. The summed E-state index contributed by atoms with van der Waals surface area (Å²) < 4.78 is 4.51. The number of aryl methyl sites for hydroxylation is 6. The Morgan fingerprint density at radius 3 is 1.58 bits per heavy atom. The number of hydrogen-bond donors (Lipinski definition) is 0. The second-order valence-corrected chi connectivity index (χ2v) is 8.27. The minimum absolute atomic E-state index is 0.447. The van der Waals surface area contributed by atoms with Crippen molar-refractivity contribution < 1.29 is 0 Å². The maximum atomic E-state index is 6.63. The molecule has 0 saturated heterocycles. The summed E-state index contributed by atoms with van der Waals surface area (Å²) >= 11 is 6.63. The van der Waals surface area contributed by atoms with E-state index in [1.165, 1.54) is 44.8 Å². The third-order valence-corrected chi connectivity index (χ3v) is 6.03. The average Bonchev–Trinajstić information content (AvgIpc) is 2.78. The molecule has 2 aromatic carbocycles. The van der Waals surface area contributed by atoms with Crippen LogP contribution in [0.5, 0.6) is 0 Å². The van der Waals surface area contributed by atoms with Crippen molar-refractivity contribution in [3.05, 3.63) is 69.0 Å². The van der Waals surface area contributed by atoms with Crippen LogP contribution in [0.1, 0.15) is 33.4 Å². The molecule has 0 N–H and O–H groups in total. The Morgan fingerprint density at radius 1 is 0.708 bits per heavy atom. The first-order chi connectivity index (χ1) is 11.3. The fourth-order valence-electron chi connectivity index (χ4n) is 3.70. The van der Waals surface area contributed by atoms with Crippen LogP contribution in [0, 0.1) is 41.5 Å². The molecular weight excluding hydrogens is 335 g/mol. The van der Waals surface area contributed by atoms with Gasteiger partial charge in [0.1, 0.15) is 5.16 Å². The van der Waals surface area contributed by atoms with Crippen LogP contribution in [0.4, 0.5) is 11.4 Å². The van der Waals surface area contributed by atoms with Gasteiger partial charge in [-0.3, -0.25) is 4.67 Å². The molecule has 126 valence electrons. The molecule has 0 amide bonds. The van der Waals surface area contributed by atoms with Gasteiger partial charge in [0, 0.05) is 6.20 Å². The van der Waals surface area contributed by atoms with Gasteiger partial charge in [-0.05, 0) is 63.8 Å². The first-order valence-corrected chi connectivity index (χ1v) is 9.44. The smallest absolute Gasteiger partial charge is 0.130 e. The second kappa shape index (κ2) is 6.43. The predicted molar refractivity (Wildman–Crippen MR) is 109 cm³/mol. The quantitative estimate of drug-likeness (QED) is 0.452. The van der Waals surface area contributed by atoms with Gasteiger partial charge in [-0.2, -0.15) is 0 Å². The molecule has 0 spiro atoms. The van der Waals surface area contributed by atoms with Crippen LogP contribution in [0.2, 0.25) is 0 Å². The van der Waals surface area contributed by atoms with Crippen molar-refractivity contribution in [1.29, 1.82) is 0 Å². The Balaban J connectivity index is 2.00. The highest BCUT2D eigenvalue weighted by Gasteiger charge is 2.26. The zero-order valence-corrected chi connectivity index (χ0v) is 16.9. The zero-order chi connectivity index (χ0) is 17.6. The van der Waals surface area contributed by atoms with E-state index in [0.717, 1.165) is 5.16 Å². The Hall–Kier alpha value is -1.50. The summed E-state index contributed by atoms with van der Waals surface area (Å²) in [7, 11) is 0.447. The molecule has 1 heterocycles. The lowest BCUT2D eigenvalue weighted by Crippen LogP contribution is -2.11. The SMILES string of the molecule is Cc1cc(C)c(N2C=C(Cl)N(c3c(C)cc(C)cc3C)P2)c(C)c1. The summed E-state index contributed by atoms with van der Waals surface area (Å²) in [6.45, 7) is 13.0. The van der Waals surface area contributed by atoms with E-state index in [2.05, 4.69) is 81.3 Å². The van der Waals surface area contributed by atoms with Crippen molar-refractivity contribution in [2.75, 3.05) is 9.34 Å². The maximum absolute atomic E-state index is 6.63. The van der Waals surface area contributed by atoms with Gasteiger partial charge in [-0.15, -0.1) is 0 Å². The van der Waals surface area contributed by atoms with E-state index in [0.29, 0.717) is 8.88 Å². The average molecular weight is 359 g/mol. The molecule has 1 aliphatic rings. The molecule has 0 aromatic heterocycles. The van der Waals surface area contributed by atoms with E-state index in [1.54, 1.807) is 0 Å². The molecule has 0 fully saturated rings. The highest BCUT2D eigenvalue weighted by molar-refractivity contribution is 7.43. The molecule has 0 radical (unpaired) electrons. The fourth-order valence-corrected chi connectivity index (χ4v) is 5.53. The van der Waals surface area contributed by atoms with Crippen molar-refractivity contribution in [3.63, 3.8) is 0 Å². The molecule has 0 bridgehead atoms. The van der Waals surface area contributed by atoms with E-state index in [1.807, 2.05) is 0 Å². The summed E-state index contributed by atoms with van der Waals surface area (Å²) in [6, 6.07) is 8.92. The summed E-state index contributed by atoms with van der Waals surface area (Å²) in [5, 5.41) is 0.780. The molecule has 2 aromatic rings. The van der Waals surface area contributed by atoms with E-state index in [4.69, 9.17) is 11.6 Å². The van der Waals surface area contributed by atoms with Gasteiger partial charge >= 0.3 is 0 Å². The molecule has 24 heavy (non-hydrogen) atoms. The van der Waals surface area contributed by atoms with E-state index in [9.17, 15) is 0 Å². The number of anilines is 2. The number of nitrogens with zero attached hydrogens (tertiary/aromatic N) is 2. The van der Waals surface area contributed by atoms with Crippen molar-refractivity contribution in [2.45, 2.75) is 41.5 Å². The van der Waals surface area contributed by atoms with Gasteiger partial charge < -0.3 is 4.67 Å².